The molecule has 1 saturated carbocycles. The molecule has 1 aliphatic carbocycles. The number of hydrogen-bond acceptors (Lipinski definition) is 3. The van der Waals surface area contributed by atoms with Crippen LogP contribution in [0.2, 0.25) is 0 Å². The lowest BCUT2D eigenvalue weighted by molar-refractivity contribution is 0.166. The molecular formula is C13H24N4. The Labute approximate surface area is 104 Å². The molecule has 0 bridgehead atoms. The Bertz CT molecular complexity index is 339. The topological polar surface area (TPSA) is 33.1 Å². The predicted molar refractivity (Wildman–Crippen MR) is 69.8 cm³/mol. The van der Waals surface area contributed by atoms with Crippen molar-refractivity contribution in [2.24, 2.45) is 7.05 Å². The molecule has 17 heavy (non-hydrogen) atoms. The minimum absolute atomic E-state index is 0.731. The van der Waals surface area contributed by atoms with Gasteiger partial charge in [0.15, 0.2) is 0 Å². The molecule has 0 radical (unpaired) electrons. The van der Waals surface area contributed by atoms with Gasteiger partial charge in [-0.2, -0.15) is 5.10 Å². The van der Waals surface area contributed by atoms with Crippen LogP contribution in [0, 0.1) is 0 Å². The van der Waals surface area contributed by atoms with Gasteiger partial charge in [-0.05, 0) is 45.8 Å². The molecule has 2 rings (SSSR count). The fraction of sp³-hybridized carbons (Fsp3) is 0.769. The van der Waals surface area contributed by atoms with E-state index in [1.807, 2.05) is 17.9 Å². The summed E-state index contributed by atoms with van der Waals surface area (Å²) in [5.41, 5.74) is 1.29. The summed E-state index contributed by atoms with van der Waals surface area (Å²) in [5.74, 6) is 0. The highest BCUT2D eigenvalue weighted by atomic mass is 15.3. The fourth-order valence-electron chi connectivity index (χ4n) is 2.75. The van der Waals surface area contributed by atoms with Gasteiger partial charge in [0, 0.05) is 31.9 Å². The average molecular weight is 236 g/mol. The third kappa shape index (κ3) is 3.07. The van der Waals surface area contributed by atoms with Crippen molar-refractivity contribution < 1.29 is 0 Å². The molecule has 0 aliphatic heterocycles. The smallest absolute Gasteiger partial charge is 0.0521 e. The molecule has 1 N–H and O–H groups in total. The van der Waals surface area contributed by atoms with Crippen LogP contribution in [0.15, 0.2) is 12.3 Å². The van der Waals surface area contributed by atoms with Crippen molar-refractivity contribution in [1.29, 1.82) is 0 Å². The molecule has 4 nitrogen and oxygen atoms in total. The quantitative estimate of drug-likeness (QED) is 0.857. The summed E-state index contributed by atoms with van der Waals surface area (Å²) >= 11 is 0. The summed E-state index contributed by atoms with van der Waals surface area (Å²) in [4.78, 5) is 2.48. The maximum absolute atomic E-state index is 4.22. The zero-order chi connectivity index (χ0) is 12.3. The minimum atomic E-state index is 0.731. The van der Waals surface area contributed by atoms with E-state index >= 15 is 0 Å². The highest BCUT2D eigenvalue weighted by Gasteiger charge is 2.23. The molecule has 0 unspecified atom stereocenters. The zero-order valence-electron chi connectivity index (χ0n) is 11.2. The van der Waals surface area contributed by atoms with Crippen molar-refractivity contribution in [3.63, 3.8) is 0 Å². The number of hydrogen-bond donors (Lipinski definition) is 1. The summed E-state index contributed by atoms with van der Waals surface area (Å²) < 4.78 is 1.97. The van der Waals surface area contributed by atoms with Gasteiger partial charge in [-0.25, -0.2) is 0 Å². The Morgan fingerprint density at radius 3 is 2.65 bits per heavy atom. The highest BCUT2D eigenvalue weighted by molar-refractivity contribution is 5.00. The third-order valence-electron chi connectivity index (χ3n) is 4.06. The first-order valence-corrected chi connectivity index (χ1v) is 6.55. The van der Waals surface area contributed by atoms with Gasteiger partial charge in [0.2, 0.25) is 0 Å². The zero-order valence-corrected chi connectivity index (χ0v) is 11.2. The van der Waals surface area contributed by atoms with E-state index in [1.165, 1.54) is 31.4 Å². The highest BCUT2D eigenvalue weighted by Crippen LogP contribution is 2.23. The summed E-state index contributed by atoms with van der Waals surface area (Å²) in [6.07, 6.45) is 7.09. The number of aryl methyl sites for hydroxylation is 1. The van der Waals surface area contributed by atoms with Crippen LogP contribution in [0.3, 0.4) is 0 Å². The molecule has 0 aromatic carbocycles. The van der Waals surface area contributed by atoms with Crippen LogP contribution in [0.5, 0.6) is 0 Å². The monoisotopic (exact) mass is 236 g/mol. The van der Waals surface area contributed by atoms with Gasteiger partial charge < -0.3 is 5.32 Å². The van der Waals surface area contributed by atoms with Crippen molar-refractivity contribution in [3.8, 4) is 0 Å². The van der Waals surface area contributed by atoms with Crippen LogP contribution in [-0.2, 0) is 13.6 Å². The van der Waals surface area contributed by atoms with Gasteiger partial charge in [0.05, 0.1) is 5.69 Å². The SMILES string of the molecule is CNC1CCC(N(C)Cc2ccnn2C)CC1. The predicted octanol–water partition coefficient (Wildman–Crippen LogP) is 1.38. The molecule has 0 amide bonds. The second kappa shape index (κ2) is 5.65. The van der Waals surface area contributed by atoms with Crippen LogP contribution in [-0.4, -0.2) is 40.9 Å². The number of nitrogens with one attached hydrogen (secondary N) is 1. The maximum atomic E-state index is 4.22. The van der Waals surface area contributed by atoms with E-state index in [0.29, 0.717) is 0 Å². The molecule has 1 aromatic heterocycles. The first-order chi connectivity index (χ1) is 8.20. The molecular weight excluding hydrogens is 212 g/mol. The molecule has 96 valence electrons. The Kier molecular flexibility index (Phi) is 4.18. The Morgan fingerprint density at radius 1 is 1.41 bits per heavy atom. The van der Waals surface area contributed by atoms with Gasteiger partial charge in [-0.15, -0.1) is 0 Å². The van der Waals surface area contributed by atoms with Gasteiger partial charge in [-0.1, -0.05) is 0 Å². The Morgan fingerprint density at radius 2 is 2.12 bits per heavy atom. The number of aromatic nitrogens is 2. The molecule has 0 saturated heterocycles. The van der Waals surface area contributed by atoms with Crippen molar-refractivity contribution in [2.75, 3.05) is 14.1 Å². The normalized spacial score (nSPS) is 25.4. The lowest BCUT2D eigenvalue weighted by atomic mass is 9.90. The summed E-state index contributed by atoms with van der Waals surface area (Å²) in [5, 5.41) is 7.61. The number of rotatable bonds is 4. The fourth-order valence-corrected chi connectivity index (χ4v) is 2.75. The van der Waals surface area contributed by atoms with Crippen molar-refractivity contribution in [3.05, 3.63) is 18.0 Å². The van der Waals surface area contributed by atoms with Crippen LogP contribution in [0.25, 0.3) is 0 Å². The van der Waals surface area contributed by atoms with Crippen molar-refractivity contribution in [2.45, 2.75) is 44.3 Å². The van der Waals surface area contributed by atoms with Gasteiger partial charge in [-0.3, -0.25) is 9.58 Å². The number of nitrogens with zero attached hydrogens (tertiary/aromatic N) is 3. The summed E-state index contributed by atoms with van der Waals surface area (Å²) in [7, 11) is 6.32. The van der Waals surface area contributed by atoms with E-state index in [0.717, 1.165) is 18.6 Å². The van der Waals surface area contributed by atoms with Crippen LogP contribution in [0.4, 0.5) is 0 Å². The van der Waals surface area contributed by atoms with E-state index in [2.05, 4.69) is 35.5 Å². The molecule has 1 fully saturated rings. The molecule has 1 heterocycles. The van der Waals surface area contributed by atoms with Crippen LogP contribution in [0.1, 0.15) is 31.4 Å². The van der Waals surface area contributed by atoms with Gasteiger partial charge in [0.1, 0.15) is 0 Å². The van der Waals surface area contributed by atoms with Gasteiger partial charge >= 0.3 is 0 Å². The van der Waals surface area contributed by atoms with E-state index < -0.39 is 0 Å². The van der Waals surface area contributed by atoms with E-state index in [-0.39, 0.29) is 0 Å². The average Bonchev–Trinajstić information content (AvgIpc) is 2.75. The second-order valence-electron chi connectivity index (χ2n) is 5.16. The van der Waals surface area contributed by atoms with Crippen molar-refractivity contribution in [1.82, 2.24) is 20.0 Å². The molecule has 1 aliphatic rings. The largest absolute Gasteiger partial charge is 0.317 e. The molecule has 4 heteroatoms. The Hall–Kier alpha value is -0.870. The van der Waals surface area contributed by atoms with E-state index in [1.54, 1.807) is 0 Å². The molecule has 0 atom stereocenters. The molecule has 0 spiro atoms. The lowest BCUT2D eigenvalue weighted by Crippen LogP contribution is -2.39. The summed E-state index contributed by atoms with van der Waals surface area (Å²) in [6.45, 7) is 1.01. The standard InChI is InChI=1S/C13H24N4/c1-14-11-4-6-12(7-5-11)16(2)10-13-8-9-15-17(13)3/h8-9,11-12,14H,4-7,10H2,1-3H3. The van der Waals surface area contributed by atoms with Crippen LogP contribution < -0.4 is 5.32 Å². The van der Waals surface area contributed by atoms with E-state index in [4.69, 9.17) is 0 Å². The third-order valence-corrected chi connectivity index (χ3v) is 4.06. The summed E-state index contributed by atoms with van der Waals surface area (Å²) in [6, 6.07) is 3.57. The van der Waals surface area contributed by atoms with Gasteiger partial charge in [0.25, 0.3) is 0 Å². The van der Waals surface area contributed by atoms with Crippen molar-refractivity contribution >= 4 is 0 Å². The first-order valence-electron chi connectivity index (χ1n) is 6.55. The maximum Gasteiger partial charge on any atom is 0.0521 e. The van der Waals surface area contributed by atoms with Crippen LogP contribution >= 0.6 is 0 Å². The molecule has 1 aromatic rings. The minimum Gasteiger partial charge on any atom is -0.317 e. The lowest BCUT2D eigenvalue weighted by Gasteiger charge is -2.34. The second-order valence-corrected chi connectivity index (χ2v) is 5.16. The first kappa shape index (κ1) is 12.6. The van der Waals surface area contributed by atoms with E-state index in [9.17, 15) is 0 Å². The Balaban J connectivity index is 1.85.